The van der Waals surface area contributed by atoms with Gasteiger partial charge in [-0.15, -0.1) is 11.3 Å². The second-order valence-electron chi connectivity index (χ2n) is 7.48. The minimum Gasteiger partial charge on any atom is -0.134 e. The van der Waals surface area contributed by atoms with Crippen LogP contribution in [0.1, 0.15) is 5.56 Å². The van der Waals surface area contributed by atoms with E-state index >= 15 is 0 Å². The van der Waals surface area contributed by atoms with E-state index in [4.69, 9.17) is 0 Å². The maximum Gasteiger partial charge on any atom is 0.0440 e. The molecule has 6 aromatic rings. The standard InChI is InChI=1S/C27H18S/c1-17-7-6-10-19(15-17)24-16-20-9-3-5-12-22(20)27-25(24)23-14-13-18-8-2-4-11-21(18)26(23)28-27/h2-16H,1H3. The van der Waals surface area contributed by atoms with Gasteiger partial charge in [-0.2, -0.15) is 0 Å². The number of aryl methyl sites for hydroxylation is 1. The second-order valence-corrected chi connectivity index (χ2v) is 8.50. The van der Waals surface area contributed by atoms with Crippen LogP contribution in [0.2, 0.25) is 0 Å². The molecule has 6 rings (SSSR count). The molecule has 0 aliphatic rings. The number of thiophene rings is 1. The van der Waals surface area contributed by atoms with Crippen molar-refractivity contribution in [1.29, 1.82) is 0 Å². The Morgan fingerprint density at radius 3 is 2.14 bits per heavy atom. The van der Waals surface area contributed by atoms with E-state index in [0.29, 0.717) is 0 Å². The molecule has 0 unspecified atom stereocenters. The summed E-state index contributed by atoms with van der Waals surface area (Å²) in [7, 11) is 0. The van der Waals surface area contributed by atoms with E-state index in [0.717, 1.165) is 0 Å². The quantitative estimate of drug-likeness (QED) is 0.271. The first-order chi connectivity index (χ1) is 13.8. The van der Waals surface area contributed by atoms with Gasteiger partial charge in [0.05, 0.1) is 0 Å². The first kappa shape index (κ1) is 15.9. The minimum absolute atomic E-state index is 1.30. The van der Waals surface area contributed by atoms with Crippen LogP contribution in [-0.2, 0) is 0 Å². The fraction of sp³-hybridized carbons (Fsp3) is 0.0370. The molecule has 0 nitrogen and oxygen atoms in total. The summed E-state index contributed by atoms with van der Waals surface area (Å²) in [5, 5.41) is 8.06. The summed E-state index contributed by atoms with van der Waals surface area (Å²) >= 11 is 1.93. The minimum atomic E-state index is 1.30. The van der Waals surface area contributed by atoms with Crippen molar-refractivity contribution >= 4 is 53.1 Å². The Labute approximate surface area is 167 Å². The van der Waals surface area contributed by atoms with Crippen LogP contribution >= 0.6 is 11.3 Å². The molecular weight excluding hydrogens is 356 g/mol. The van der Waals surface area contributed by atoms with E-state index < -0.39 is 0 Å². The molecule has 5 aromatic carbocycles. The summed E-state index contributed by atoms with van der Waals surface area (Å²) in [5.74, 6) is 0. The Kier molecular flexibility index (Phi) is 3.35. The molecule has 28 heavy (non-hydrogen) atoms. The highest BCUT2D eigenvalue weighted by molar-refractivity contribution is 7.27. The summed E-state index contributed by atoms with van der Waals surface area (Å²) in [6, 6.07) is 33.3. The molecule has 1 heterocycles. The van der Waals surface area contributed by atoms with Gasteiger partial charge in [0.15, 0.2) is 0 Å². The topological polar surface area (TPSA) is 0 Å². The summed E-state index contributed by atoms with van der Waals surface area (Å²) < 4.78 is 2.78. The number of rotatable bonds is 1. The van der Waals surface area contributed by atoms with E-state index in [1.807, 2.05) is 11.3 Å². The normalized spacial score (nSPS) is 11.8. The average Bonchev–Trinajstić information content (AvgIpc) is 3.14. The number of hydrogen-bond acceptors (Lipinski definition) is 1. The number of hydrogen-bond donors (Lipinski definition) is 0. The summed E-state index contributed by atoms with van der Waals surface area (Å²) in [4.78, 5) is 0. The molecule has 0 radical (unpaired) electrons. The maximum absolute atomic E-state index is 2.37. The van der Waals surface area contributed by atoms with Crippen molar-refractivity contribution in [2.75, 3.05) is 0 Å². The van der Waals surface area contributed by atoms with Crippen LogP contribution in [0.15, 0.2) is 91.0 Å². The van der Waals surface area contributed by atoms with Crippen LogP contribution in [-0.4, -0.2) is 0 Å². The zero-order valence-electron chi connectivity index (χ0n) is 15.6. The van der Waals surface area contributed by atoms with Gasteiger partial charge in [0.25, 0.3) is 0 Å². The molecule has 0 fully saturated rings. The summed E-state index contributed by atoms with van der Waals surface area (Å²) in [6.07, 6.45) is 0. The summed E-state index contributed by atoms with van der Waals surface area (Å²) in [6.45, 7) is 2.17. The second kappa shape index (κ2) is 5.92. The molecule has 0 spiro atoms. The lowest BCUT2D eigenvalue weighted by molar-refractivity contribution is 1.47. The van der Waals surface area contributed by atoms with E-state index in [1.165, 1.54) is 58.4 Å². The summed E-state index contributed by atoms with van der Waals surface area (Å²) in [5.41, 5.74) is 3.92. The molecule has 132 valence electrons. The van der Waals surface area contributed by atoms with Crippen LogP contribution in [0.4, 0.5) is 0 Å². The van der Waals surface area contributed by atoms with Crippen molar-refractivity contribution in [1.82, 2.24) is 0 Å². The SMILES string of the molecule is Cc1cccc(-c2cc3ccccc3c3sc4c5ccccc5ccc4c23)c1. The van der Waals surface area contributed by atoms with Gasteiger partial charge >= 0.3 is 0 Å². The molecule has 1 aromatic heterocycles. The van der Waals surface area contributed by atoms with Gasteiger partial charge in [-0.1, -0.05) is 90.5 Å². The third-order valence-corrected chi connectivity index (χ3v) is 6.96. The molecule has 0 bridgehead atoms. The first-order valence-corrected chi connectivity index (χ1v) is 10.4. The van der Waals surface area contributed by atoms with E-state index in [2.05, 4.69) is 97.9 Å². The predicted octanol–water partition coefficient (Wildman–Crippen LogP) is 8.34. The van der Waals surface area contributed by atoms with Crippen molar-refractivity contribution in [2.45, 2.75) is 6.92 Å². The van der Waals surface area contributed by atoms with Crippen molar-refractivity contribution in [2.24, 2.45) is 0 Å². The molecule has 0 aliphatic carbocycles. The van der Waals surface area contributed by atoms with Crippen molar-refractivity contribution in [3.63, 3.8) is 0 Å². The van der Waals surface area contributed by atoms with Gasteiger partial charge in [-0.05, 0) is 45.7 Å². The van der Waals surface area contributed by atoms with Gasteiger partial charge in [0.1, 0.15) is 0 Å². The Morgan fingerprint density at radius 1 is 0.571 bits per heavy atom. The first-order valence-electron chi connectivity index (χ1n) is 9.62. The highest BCUT2D eigenvalue weighted by atomic mass is 32.1. The zero-order valence-corrected chi connectivity index (χ0v) is 16.4. The molecule has 0 saturated carbocycles. The largest absolute Gasteiger partial charge is 0.134 e. The predicted molar refractivity (Wildman–Crippen MR) is 125 cm³/mol. The molecular formula is C27H18S. The molecule has 0 N–H and O–H groups in total. The van der Waals surface area contributed by atoms with Crippen LogP contribution in [0.5, 0.6) is 0 Å². The molecule has 0 saturated heterocycles. The van der Waals surface area contributed by atoms with Gasteiger partial charge in [0, 0.05) is 20.2 Å². The number of fused-ring (bicyclic) bond motifs is 7. The Balaban J connectivity index is 1.88. The molecule has 0 amide bonds. The lowest BCUT2D eigenvalue weighted by Crippen LogP contribution is -1.83. The van der Waals surface area contributed by atoms with Crippen LogP contribution < -0.4 is 0 Å². The third kappa shape index (κ3) is 2.23. The lowest BCUT2D eigenvalue weighted by Gasteiger charge is -2.09. The smallest absolute Gasteiger partial charge is 0.0440 e. The fourth-order valence-electron chi connectivity index (χ4n) is 4.38. The molecule has 0 atom stereocenters. The average molecular weight is 375 g/mol. The van der Waals surface area contributed by atoms with Gasteiger partial charge in [0.2, 0.25) is 0 Å². The number of benzene rings is 5. The highest BCUT2D eigenvalue weighted by Gasteiger charge is 2.16. The van der Waals surface area contributed by atoms with Crippen molar-refractivity contribution in [3.05, 3.63) is 96.6 Å². The van der Waals surface area contributed by atoms with Crippen LogP contribution in [0.25, 0.3) is 52.8 Å². The van der Waals surface area contributed by atoms with Gasteiger partial charge in [-0.3, -0.25) is 0 Å². The Bertz CT molecular complexity index is 1520. The van der Waals surface area contributed by atoms with E-state index in [1.54, 1.807) is 0 Å². The van der Waals surface area contributed by atoms with E-state index in [9.17, 15) is 0 Å². The lowest BCUT2D eigenvalue weighted by atomic mass is 9.94. The van der Waals surface area contributed by atoms with E-state index in [-0.39, 0.29) is 0 Å². The highest BCUT2D eigenvalue weighted by Crippen LogP contribution is 2.46. The Morgan fingerprint density at radius 2 is 1.32 bits per heavy atom. The molecule has 0 aliphatic heterocycles. The third-order valence-electron chi connectivity index (χ3n) is 5.68. The maximum atomic E-state index is 2.37. The Hall–Kier alpha value is -3.16. The van der Waals surface area contributed by atoms with Gasteiger partial charge < -0.3 is 0 Å². The van der Waals surface area contributed by atoms with Crippen molar-refractivity contribution in [3.8, 4) is 11.1 Å². The zero-order chi connectivity index (χ0) is 18.7. The van der Waals surface area contributed by atoms with Gasteiger partial charge in [-0.25, -0.2) is 0 Å². The fourth-order valence-corrected chi connectivity index (χ4v) is 5.78. The van der Waals surface area contributed by atoms with Crippen LogP contribution in [0, 0.1) is 6.92 Å². The van der Waals surface area contributed by atoms with Crippen LogP contribution in [0.3, 0.4) is 0 Å². The van der Waals surface area contributed by atoms with Crippen molar-refractivity contribution < 1.29 is 0 Å². The monoisotopic (exact) mass is 374 g/mol. The molecule has 1 heteroatoms.